The van der Waals surface area contributed by atoms with E-state index in [9.17, 15) is 8.42 Å². The lowest BCUT2D eigenvalue weighted by molar-refractivity contribution is 0.180. The minimum Gasteiger partial charge on any atom is -0.383 e. The van der Waals surface area contributed by atoms with Gasteiger partial charge in [-0.25, -0.2) is 13.1 Å². The van der Waals surface area contributed by atoms with Crippen molar-refractivity contribution in [2.45, 2.75) is 17.9 Å². The average Bonchev–Trinajstić information content (AvgIpc) is 2.21. The molecule has 0 heterocycles. The van der Waals surface area contributed by atoms with Crippen molar-refractivity contribution in [2.75, 3.05) is 13.7 Å². The van der Waals surface area contributed by atoms with Crippen molar-refractivity contribution < 1.29 is 13.2 Å². The zero-order valence-corrected chi connectivity index (χ0v) is 11.7. The number of methoxy groups -OCH3 is 1. The summed E-state index contributed by atoms with van der Waals surface area (Å²) in [4.78, 5) is 0.0786. The van der Waals surface area contributed by atoms with Crippen LogP contribution in [0.1, 0.15) is 6.92 Å². The van der Waals surface area contributed by atoms with Gasteiger partial charge in [-0.05, 0) is 25.1 Å². The van der Waals surface area contributed by atoms with Crippen molar-refractivity contribution in [3.63, 3.8) is 0 Å². The van der Waals surface area contributed by atoms with Gasteiger partial charge in [0.15, 0.2) is 0 Å². The van der Waals surface area contributed by atoms with Crippen molar-refractivity contribution in [3.05, 3.63) is 28.2 Å². The van der Waals surface area contributed by atoms with E-state index >= 15 is 0 Å². The lowest BCUT2D eigenvalue weighted by Crippen LogP contribution is -2.35. The van der Waals surface area contributed by atoms with Gasteiger partial charge in [-0.3, -0.25) is 0 Å². The molecule has 0 saturated carbocycles. The van der Waals surface area contributed by atoms with Crippen LogP contribution >= 0.6 is 23.2 Å². The van der Waals surface area contributed by atoms with Crippen LogP contribution in [0.5, 0.6) is 0 Å². The van der Waals surface area contributed by atoms with E-state index in [0.29, 0.717) is 11.6 Å². The number of benzene rings is 1. The fourth-order valence-corrected chi connectivity index (χ4v) is 2.88. The smallest absolute Gasteiger partial charge is 0.240 e. The monoisotopic (exact) mass is 297 g/mol. The number of ether oxygens (including phenoxy) is 1. The fourth-order valence-electron chi connectivity index (χ4n) is 1.26. The summed E-state index contributed by atoms with van der Waals surface area (Å²) in [7, 11) is -2.09. The summed E-state index contributed by atoms with van der Waals surface area (Å²) < 4.78 is 31.1. The highest BCUT2D eigenvalue weighted by Gasteiger charge is 2.18. The van der Waals surface area contributed by atoms with Gasteiger partial charge in [0.25, 0.3) is 0 Å². The van der Waals surface area contributed by atoms with E-state index in [0.717, 1.165) is 0 Å². The highest BCUT2D eigenvalue weighted by Crippen LogP contribution is 2.24. The maximum absolute atomic E-state index is 11.9. The van der Waals surface area contributed by atoms with E-state index in [1.165, 1.54) is 25.3 Å². The third-order valence-electron chi connectivity index (χ3n) is 1.97. The van der Waals surface area contributed by atoms with E-state index in [4.69, 9.17) is 27.9 Å². The Balaban J connectivity index is 2.93. The fraction of sp³-hybridized carbons (Fsp3) is 0.400. The van der Waals surface area contributed by atoms with Crippen LogP contribution in [0, 0.1) is 0 Å². The van der Waals surface area contributed by atoms with Crippen LogP contribution in [0.15, 0.2) is 23.1 Å². The quantitative estimate of drug-likeness (QED) is 0.907. The summed E-state index contributed by atoms with van der Waals surface area (Å²) in [5.74, 6) is 0. The van der Waals surface area contributed by atoms with Gasteiger partial charge in [-0.1, -0.05) is 23.2 Å². The first-order valence-corrected chi connectivity index (χ1v) is 7.07. The summed E-state index contributed by atoms with van der Waals surface area (Å²) in [5.41, 5.74) is 0. The number of rotatable bonds is 5. The van der Waals surface area contributed by atoms with E-state index in [1.807, 2.05) is 0 Å². The van der Waals surface area contributed by atoms with Crippen LogP contribution in [-0.2, 0) is 14.8 Å². The first-order chi connectivity index (χ1) is 7.86. The number of halogens is 2. The summed E-state index contributed by atoms with van der Waals surface area (Å²) in [5, 5.41) is 0.518. The first-order valence-electron chi connectivity index (χ1n) is 4.83. The molecular formula is C10H13Cl2NO3S. The van der Waals surface area contributed by atoms with Gasteiger partial charge in [0.2, 0.25) is 10.0 Å². The molecule has 7 heteroatoms. The second-order valence-corrected chi connectivity index (χ2v) is 6.08. The molecule has 0 bridgehead atoms. The van der Waals surface area contributed by atoms with Crippen molar-refractivity contribution >= 4 is 33.2 Å². The maximum atomic E-state index is 11.9. The van der Waals surface area contributed by atoms with Gasteiger partial charge < -0.3 is 4.74 Å². The zero-order chi connectivity index (χ0) is 13.1. The van der Waals surface area contributed by atoms with E-state index in [1.54, 1.807) is 6.92 Å². The Kier molecular flexibility index (Phi) is 5.22. The average molecular weight is 298 g/mol. The highest BCUT2D eigenvalue weighted by atomic mass is 35.5. The Labute approximate surface area is 111 Å². The molecule has 0 aromatic heterocycles. The zero-order valence-electron chi connectivity index (χ0n) is 9.41. The SMILES string of the molecule is COCC(C)NS(=O)(=O)c1ccc(Cl)c(Cl)c1. The van der Waals surface area contributed by atoms with Gasteiger partial charge in [0, 0.05) is 13.2 Å². The molecule has 1 aromatic carbocycles. The molecule has 0 radical (unpaired) electrons. The molecule has 1 unspecified atom stereocenters. The topological polar surface area (TPSA) is 55.4 Å². The Morgan fingerprint density at radius 1 is 1.35 bits per heavy atom. The molecule has 0 aliphatic carbocycles. The third kappa shape index (κ3) is 4.12. The maximum Gasteiger partial charge on any atom is 0.240 e. The molecular weight excluding hydrogens is 285 g/mol. The molecule has 0 aliphatic rings. The largest absolute Gasteiger partial charge is 0.383 e. The van der Waals surface area contributed by atoms with E-state index in [2.05, 4.69) is 4.72 Å². The molecule has 96 valence electrons. The molecule has 4 nitrogen and oxygen atoms in total. The third-order valence-corrected chi connectivity index (χ3v) is 4.30. The predicted molar refractivity (Wildman–Crippen MR) is 68.1 cm³/mol. The standard InChI is InChI=1S/C10H13Cl2NO3S/c1-7(6-16-2)13-17(14,15)8-3-4-9(11)10(12)5-8/h3-5,7,13H,6H2,1-2H3. The van der Waals surface area contributed by atoms with Crippen LogP contribution in [0.3, 0.4) is 0 Å². The molecule has 1 N–H and O–H groups in total. The molecule has 0 aliphatic heterocycles. The second kappa shape index (κ2) is 6.02. The molecule has 0 fully saturated rings. The highest BCUT2D eigenvalue weighted by molar-refractivity contribution is 7.89. The van der Waals surface area contributed by atoms with Crippen LogP contribution in [0.2, 0.25) is 10.0 Å². The molecule has 1 atom stereocenters. The second-order valence-electron chi connectivity index (χ2n) is 3.55. The molecule has 0 spiro atoms. The van der Waals surface area contributed by atoms with Gasteiger partial charge in [-0.2, -0.15) is 0 Å². The molecule has 0 saturated heterocycles. The molecule has 17 heavy (non-hydrogen) atoms. The van der Waals surface area contributed by atoms with E-state index < -0.39 is 10.0 Å². The Bertz CT molecular complexity index is 490. The van der Waals surface area contributed by atoms with Gasteiger partial charge >= 0.3 is 0 Å². The van der Waals surface area contributed by atoms with Crippen LogP contribution in [0.4, 0.5) is 0 Å². The van der Waals surface area contributed by atoms with Crippen molar-refractivity contribution in [1.82, 2.24) is 4.72 Å². The van der Waals surface area contributed by atoms with Gasteiger partial charge in [-0.15, -0.1) is 0 Å². The van der Waals surface area contributed by atoms with Gasteiger partial charge in [0.1, 0.15) is 0 Å². The molecule has 1 rings (SSSR count). The number of hydrogen-bond acceptors (Lipinski definition) is 3. The first kappa shape index (κ1) is 14.7. The Hall–Kier alpha value is -0.330. The van der Waals surface area contributed by atoms with Crippen molar-refractivity contribution in [2.24, 2.45) is 0 Å². The van der Waals surface area contributed by atoms with Crippen LogP contribution in [-0.4, -0.2) is 28.2 Å². The normalized spacial score (nSPS) is 13.6. The van der Waals surface area contributed by atoms with Gasteiger partial charge in [0.05, 0.1) is 21.5 Å². The molecule has 0 amide bonds. The van der Waals surface area contributed by atoms with Crippen LogP contribution < -0.4 is 4.72 Å². The predicted octanol–water partition coefficient (Wildman–Crippen LogP) is 2.31. The lowest BCUT2D eigenvalue weighted by Gasteiger charge is -2.13. The minimum atomic E-state index is -3.59. The van der Waals surface area contributed by atoms with Crippen molar-refractivity contribution in [3.8, 4) is 0 Å². The summed E-state index contributed by atoms with van der Waals surface area (Å²) >= 11 is 11.5. The summed E-state index contributed by atoms with van der Waals surface area (Å²) in [6, 6.07) is 3.83. The van der Waals surface area contributed by atoms with Crippen molar-refractivity contribution in [1.29, 1.82) is 0 Å². The van der Waals surface area contributed by atoms with E-state index in [-0.39, 0.29) is 16.0 Å². The number of nitrogens with one attached hydrogen (secondary N) is 1. The number of sulfonamides is 1. The minimum absolute atomic E-state index is 0.0786. The van der Waals surface area contributed by atoms with Crippen LogP contribution in [0.25, 0.3) is 0 Å². The summed E-state index contributed by atoms with van der Waals surface area (Å²) in [6.45, 7) is 2.00. The molecule has 1 aromatic rings. The number of hydrogen-bond donors (Lipinski definition) is 1. The summed E-state index contributed by atoms with van der Waals surface area (Å²) in [6.07, 6.45) is 0. The Morgan fingerprint density at radius 3 is 2.53 bits per heavy atom. The lowest BCUT2D eigenvalue weighted by atomic mass is 10.4. The Morgan fingerprint density at radius 2 is 2.00 bits per heavy atom.